The van der Waals surface area contributed by atoms with E-state index in [-0.39, 0.29) is 5.56 Å². The van der Waals surface area contributed by atoms with Gasteiger partial charge >= 0.3 is 6.36 Å². The van der Waals surface area contributed by atoms with Crippen LogP contribution in [0.2, 0.25) is 0 Å². The fourth-order valence-corrected chi connectivity index (χ4v) is 5.28. The molecule has 0 N–H and O–H groups in total. The van der Waals surface area contributed by atoms with Crippen LogP contribution in [0.5, 0.6) is 5.75 Å². The number of alkyl halides is 3. The number of allylic oxidation sites excluding steroid dienone is 1. The number of hydrogen-bond donors (Lipinski definition) is 0. The zero-order chi connectivity index (χ0) is 24.5. The van der Waals surface area contributed by atoms with Gasteiger partial charge in [-0.05, 0) is 72.4 Å². The lowest BCUT2D eigenvalue weighted by atomic mass is 9.78. The van der Waals surface area contributed by atoms with E-state index in [1.54, 1.807) is 0 Å². The zero-order valence-electron chi connectivity index (χ0n) is 19.1. The van der Waals surface area contributed by atoms with Crippen molar-refractivity contribution in [1.82, 2.24) is 0 Å². The molecule has 0 aromatic heterocycles. The predicted molar refractivity (Wildman–Crippen MR) is 120 cm³/mol. The van der Waals surface area contributed by atoms with Crippen molar-refractivity contribution in [2.45, 2.75) is 71.1 Å². The maximum Gasteiger partial charge on any atom is 0.573 e. The fourth-order valence-electron chi connectivity index (χ4n) is 5.28. The molecule has 0 radical (unpaired) electrons. The van der Waals surface area contributed by atoms with Crippen molar-refractivity contribution in [3.63, 3.8) is 0 Å². The summed E-state index contributed by atoms with van der Waals surface area (Å²) in [5.41, 5.74) is 1.38. The third-order valence-electron chi connectivity index (χ3n) is 7.27. The molecular weight excluding hydrogens is 454 g/mol. The number of ether oxygens (including phenoxy) is 1. The first-order valence-electron chi connectivity index (χ1n) is 11.9. The van der Waals surface area contributed by atoms with Crippen LogP contribution >= 0.6 is 0 Å². The molecule has 0 atom stereocenters. The monoisotopic (exact) mass is 482 g/mol. The Morgan fingerprint density at radius 3 is 2.26 bits per heavy atom. The van der Waals surface area contributed by atoms with Crippen LogP contribution in [0.3, 0.4) is 0 Å². The SMILES string of the molecule is CCC1CCC(CCC2=Cc3cc(F)c(-c4ccc(OC(F)(F)F)c(F)c4)c(F)c3CC2)CC1. The molecule has 0 saturated heterocycles. The topological polar surface area (TPSA) is 9.23 Å². The van der Waals surface area contributed by atoms with E-state index >= 15 is 4.39 Å². The Hall–Kier alpha value is -2.44. The normalized spacial score (nSPS) is 20.6. The maximum atomic E-state index is 15.3. The van der Waals surface area contributed by atoms with E-state index in [2.05, 4.69) is 11.7 Å². The summed E-state index contributed by atoms with van der Waals surface area (Å²) in [5, 5.41) is 0. The second kappa shape index (κ2) is 10.0. The van der Waals surface area contributed by atoms with Gasteiger partial charge in [0, 0.05) is 0 Å². The molecule has 1 fully saturated rings. The summed E-state index contributed by atoms with van der Waals surface area (Å²) in [5.74, 6) is -2.52. The van der Waals surface area contributed by atoms with Crippen molar-refractivity contribution in [1.29, 1.82) is 0 Å². The molecule has 2 aromatic rings. The van der Waals surface area contributed by atoms with Gasteiger partial charge in [0.1, 0.15) is 11.6 Å². The minimum absolute atomic E-state index is 0.178. The third-order valence-corrected chi connectivity index (χ3v) is 7.27. The molecule has 4 rings (SSSR count). The van der Waals surface area contributed by atoms with Gasteiger partial charge in [0.05, 0.1) is 5.56 Å². The molecule has 1 nitrogen and oxygen atoms in total. The third kappa shape index (κ3) is 5.61. The van der Waals surface area contributed by atoms with E-state index < -0.39 is 35.1 Å². The highest BCUT2D eigenvalue weighted by molar-refractivity contribution is 5.71. The van der Waals surface area contributed by atoms with Crippen LogP contribution in [-0.4, -0.2) is 6.36 Å². The predicted octanol–water partition coefficient (Wildman–Crippen LogP) is 9.00. The van der Waals surface area contributed by atoms with Gasteiger partial charge in [0.15, 0.2) is 11.6 Å². The summed E-state index contributed by atoms with van der Waals surface area (Å²) in [7, 11) is 0. The lowest BCUT2D eigenvalue weighted by Crippen LogP contribution is -2.18. The van der Waals surface area contributed by atoms with Gasteiger partial charge < -0.3 is 4.74 Å². The minimum atomic E-state index is -5.07. The van der Waals surface area contributed by atoms with E-state index in [1.165, 1.54) is 43.7 Å². The highest BCUT2D eigenvalue weighted by Crippen LogP contribution is 2.39. The number of rotatable bonds is 6. The first-order valence-corrected chi connectivity index (χ1v) is 11.9. The molecule has 0 aliphatic heterocycles. The van der Waals surface area contributed by atoms with Crippen LogP contribution < -0.4 is 4.74 Å². The van der Waals surface area contributed by atoms with Crippen LogP contribution in [0.4, 0.5) is 26.3 Å². The van der Waals surface area contributed by atoms with Crippen LogP contribution in [-0.2, 0) is 6.42 Å². The summed E-state index contributed by atoms with van der Waals surface area (Å²) >= 11 is 0. The summed E-state index contributed by atoms with van der Waals surface area (Å²) in [6.45, 7) is 2.24. The fraction of sp³-hybridized carbons (Fsp3) is 0.481. The largest absolute Gasteiger partial charge is 0.573 e. The van der Waals surface area contributed by atoms with Gasteiger partial charge in [-0.25, -0.2) is 13.2 Å². The van der Waals surface area contributed by atoms with E-state index in [0.29, 0.717) is 36.0 Å². The molecule has 2 aliphatic carbocycles. The van der Waals surface area contributed by atoms with Gasteiger partial charge in [-0.1, -0.05) is 56.7 Å². The molecule has 0 bridgehead atoms. The molecule has 7 heteroatoms. The Morgan fingerprint density at radius 1 is 0.912 bits per heavy atom. The van der Waals surface area contributed by atoms with Crippen LogP contribution in [0.15, 0.2) is 29.8 Å². The van der Waals surface area contributed by atoms with E-state index in [4.69, 9.17) is 0 Å². The number of fused-ring (bicyclic) bond motifs is 1. The van der Waals surface area contributed by atoms with Crippen molar-refractivity contribution < 1.29 is 31.1 Å². The maximum absolute atomic E-state index is 15.3. The molecule has 34 heavy (non-hydrogen) atoms. The van der Waals surface area contributed by atoms with E-state index in [9.17, 15) is 22.0 Å². The minimum Gasteiger partial charge on any atom is -0.403 e. The van der Waals surface area contributed by atoms with Gasteiger partial charge in [-0.2, -0.15) is 0 Å². The molecule has 0 unspecified atom stereocenters. The van der Waals surface area contributed by atoms with Gasteiger partial charge in [0.25, 0.3) is 0 Å². The summed E-state index contributed by atoms with van der Waals surface area (Å²) in [4.78, 5) is 0. The van der Waals surface area contributed by atoms with Crippen molar-refractivity contribution in [2.24, 2.45) is 11.8 Å². The van der Waals surface area contributed by atoms with Gasteiger partial charge in [-0.3, -0.25) is 0 Å². The van der Waals surface area contributed by atoms with Crippen LogP contribution in [0.25, 0.3) is 17.2 Å². The van der Waals surface area contributed by atoms with Crippen molar-refractivity contribution >= 4 is 6.08 Å². The Bertz CT molecular complexity index is 1060. The van der Waals surface area contributed by atoms with Gasteiger partial charge in [0.2, 0.25) is 0 Å². The molecule has 0 spiro atoms. The molecule has 0 amide bonds. The van der Waals surface area contributed by atoms with Crippen LogP contribution in [0.1, 0.15) is 69.4 Å². The molecule has 2 aliphatic rings. The van der Waals surface area contributed by atoms with Crippen molar-refractivity contribution in [2.75, 3.05) is 0 Å². The zero-order valence-corrected chi connectivity index (χ0v) is 19.1. The summed E-state index contributed by atoms with van der Waals surface area (Å²) < 4.78 is 85.0. The molecule has 184 valence electrons. The first kappa shape index (κ1) is 24.7. The van der Waals surface area contributed by atoms with Crippen molar-refractivity contribution in [3.05, 3.63) is 58.4 Å². The first-order chi connectivity index (χ1) is 16.1. The van der Waals surface area contributed by atoms with E-state index in [0.717, 1.165) is 30.9 Å². The smallest absolute Gasteiger partial charge is 0.403 e. The van der Waals surface area contributed by atoms with Crippen LogP contribution in [0, 0.1) is 29.3 Å². The van der Waals surface area contributed by atoms with Crippen molar-refractivity contribution in [3.8, 4) is 16.9 Å². The Labute approximate surface area is 195 Å². The highest BCUT2D eigenvalue weighted by Gasteiger charge is 2.32. The quantitative estimate of drug-likeness (QED) is 0.373. The molecular formula is C27H28F6O. The van der Waals surface area contributed by atoms with Gasteiger partial charge in [-0.15, -0.1) is 13.2 Å². The number of halogens is 6. The second-order valence-corrected chi connectivity index (χ2v) is 9.44. The Balaban J connectivity index is 1.51. The Kier molecular flexibility index (Phi) is 7.29. The summed E-state index contributed by atoms with van der Waals surface area (Å²) in [6, 6.07) is 3.64. The lowest BCUT2D eigenvalue weighted by Gasteiger charge is -2.28. The molecule has 2 aromatic carbocycles. The average molecular weight is 483 g/mol. The lowest BCUT2D eigenvalue weighted by molar-refractivity contribution is -0.275. The summed E-state index contributed by atoms with van der Waals surface area (Å²) in [6.07, 6.45) is 6.18. The molecule has 1 saturated carbocycles. The number of benzene rings is 2. The second-order valence-electron chi connectivity index (χ2n) is 9.44. The highest BCUT2D eigenvalue weighted by atomic mass is 19.4. The average Bonchev–Trinajstić information content (AvgIpc) is 2.78. The molecule has 0 heterocycles. The Morgan fingerprint density at radius 2 is 1.62 bits per heavy atom. The number of hydrogen-bond acceptors (Lipinski definition) is 1. The van der Waals surface area contributed by atoms with E-state index in [1.807, 2.05) is 6.08 Å². The standard InChI is InChI=1S/C27H28F6O/c1-2-16-3-5-17(6-4-16)7-8-18-9-11-21-20(13-18)15-23(29)25(26(21)30)19-10-12-24(22(28)14-19)34-27(31,32)33/h10,12-17H,2-9,11H2,1H3.